The van der Waals surface area contributed by atoms with E-state index in [1.54, 1.807) is 0 Å². The smallest absolute Gasteiger partial charge is 0.266 e. The molecule has 0 bridgehead atoms. The number of amides is 1. The van der Waals surface area contributed by atoms with Crippen molar-refractivity contribution in [1.29, 1.82) is 0 Å². The Labute approximate surface area is 167 Å². The number of pyridine rings is 1. The van der Waals surface area contributed by atoms with Crippen LogP contribution in [-0.4, -0.2) is 42.0 Å². The van der Waals surface area contributed by atoms with Gasteiger partial charge in [-0.1, -0.05) is 17.7 Å². The molecular weight excluding hydrogens is 380 g/mol. The SMILES string of the molecule is Cc1ccc2c(N)c(C(=O)N3CCN(c4cc(Cl)ccc4C)CC3)sc2n1. The quantitative estimate of drug-likeness (QED) is 0.703. The lowest BCUT2D eigenvalue weighted by Gasteiger charge is -2.36. The summed E-state index contributed by atoms with van der Waals surface area (Å²) in [5.41, 5.74) is 10.0. The Hall–Kier alpha value is -2.31. The third-order valence-electron chi connectivity index (χ3n) is 5.01. The number of hydrogen-bond acceptors (Lipinski definition) is 5. The van der Waals surface area contributed by atoms with Crippen molar-refractivity contribution in [3.8, 4) is 0 Å². The zero-order valence-corrected chi connectivity index (χ0v) is 16.9. The van der Waals surface area contributed by atoms with E-state index >= 15 is 0 Å². The molecule has 1 fully saturated rings. The molecular formula is C20H21ClN4OS. The summed E-state index contributed by atoms with van der Waals surface area (Å²) in [5, 5.41) is 1.59. The Morgan fingerprint density at radius 3 is 2.63 bits per heavy atom. The molecule has 1 saturated heterocycles. The standard InChI is InChI=1S/C20H21ClN4OS/c1-12-3-5-14(21)11-16(12)24-7-9-25(10-8-24)20(26)18-17(22)15-6-4-13(2)23-19(15)27-18/h3-6,11H,7-10,22H2,1-2H3. The highest BCUT2D eigenvalue weighted by Gasteiger charge is 2.26. The van der Waals surface area contributed by atoms with E-state index in [0.29, 0.717) is 23.7 Å². The number of benzene rings is 1. The summed E-state index contributed by atoms with van der Waals surface area (Å²) in [6.45, 7) is 6.88. The number of anilines is 2. The highest BCUT2D eigenvalue weighted by atomic mass is 35.5. The predicted molar refractivity (Wildman–Crippen MR) is 113 cm³/mol. The van der Waals surface area contributed by atoms with E-state index in [1.807, 2.05) is 42.2 Å². The number of carbonyl (C=O) groups excluding carboxylic acids is 1. The van der Waals surface area contributed by atoms with E-state index in [-0.39, 0.29) is 5.91 Å². The molecule has 0 radical (unpaired) electrons. The first-order chi connectivity index (χ1) is 12.9. The van der Waals surface area contributed by atoms with Crippen LogP contribution in [0, 0.1) is 13.8 Å². The van der Waals surface area contributed by atoms with Crippen molar-refractivity contribution < 1.29 is 4.79 Å². The first kappa shape index (κ1) is 18.1. The first-order valence-corrected chi connectivity index (χ1v) is 10.1. The molecule has 5 nitrogen and oxygen atoms in total. The molecule has 0 aliphatic carbocycles. The van der Waals surface area contributed by atoms with Crippen molar-refractivity contribution in [2.45, 2.75) is 13.8 Å². The van der Waals surface area contributed by atoms with Crippen LogP contribution in [0.4, 0.5) is 11.4 Å². The van der Waals surface area contributed by atoms with Gasteiger partial charge in [0.25, 0.3) is 5.91 Å². The van der Waals surface area contributed by atoms with E-state index in [4.69, 9.17) is 17.3 Å². The zero-order chi connectivity index (χ0) is 19.1. The summed E-state index contributed by atoms with van der Waals surface area (Å²) >= 11 is 7.54. The van der Waals surface area contributed by atoms with Gasteiger partial charge in [0.05, 0.1) is 5.69 Å². The monoisotopic (exact) mass is 400 g/mol. The Kier molecular flexibility index (Phi) is 4.70. The molecule has 140 valence electrons. The summed E-state index contributed by atoms with van der Waals surface area (Å²) < 4.78 is 0. The number of thiophene rings is 1. The number of nitrogens with zero attached hydrogens (tertiary/aromatic N) is 3. The van der Waals surface area contributed by atoms with Gasteiger partial charge in [-0.3, -0.25) is 4.79 Å². The fraction of sp³-hybridized carbons (Fsp3) is 0.300. The van der Waals surface area contributed by atoms with Crippen LogP contribution in [0.5, 0.6) is 0 Å². The van der Waals surface area contributed by atoms with Crippen LogP contribution in [0.3, 0.4) is 0 Å². The number of carbonyl (C=O) groups is 1. The molecule has 27 heavy (non-hydrogen) atoms. The third kappa shape index (κ3) is 3.35. The molecule has 2 N–H and O–H groups in total. The van der Waals surface area contributed by atoms with Crippen LogP contribution in [0.15, 0.2) is 30.3 Å². The molecule has 0 atom stereocenters. The average Bonchev–Trinajstić information content (AvgIpc) is 2.99. The maximum atomic E-state index is 13.0. The normalized spacial score (nSPS) is 14.8. The fourth-order valence-corrected chi connectivity index (χ4v) is 4.74. The molecule has 3 aromatic rings. The van der Waals surface area contributed by atoms with Crippen molar-refractivity contribution in [2.24, 2.45) is 0 Å². The van der Waals surface area contributed by atoms with Gasteiger partial charge in [0, 0.05) is 48.0 Å². The predicted octanol–water partition coefficient (Wildman–Crippen LogP) is 4.11. The van der Waals surface area contributed by atoms with Gasteiger partial charge in [-0.25, -0.2) is 4.98 Å². The van der Waals surface area contributed by atoms with E-state index in [0.717, 1.165) is 39.7 Å². The molecule has 1 aliphatic rings. The molecule has 4 rings (SSSR count). The van der Waals surface area contributed by atoms with E-state index < -0.39 is 0 Å². The van der Waals surface area contributed by atoms with Crippen LogP contribution >= 0.6 is 22.9 Å². The lowest BCUT2D eigenvalue weighted by Crippen LogP contribution is -2.49. The van der Waals surface area contributed by atoms with Gasteiger partial charge >= 0.3 is 0 Å². The summed E-state index contributed by atoms with van der Waals surface area (Å²) in [6.07, 6.45) is 0. The van der Waals surface area contributed by atoms with Crippen molar-refractivity contribution in [1.82, 2.24) is 9.88 Å². The van der Waals surface area contributed by atoms with Crippen molar-refractivity contribution in [3.05, 3.63) is 51.5 Å². The second-order valence-electron chi connectivity index (χ2n) is 6.86. The van der Waals surface area contributed by atoms with Crippen molar-refractivity contribution in [3.63, 3.8) is 0 Å². The molecule has 0 saturated carbocycles. The molecule has 0 unspecified atom stereocenters. The Morgan fingerprint density at radius 1 is 1.15 bits per heavy atom. The highest BCUT2D eigenvalue weighted by molar-refractivity contribution is 7.21. The van der Waals surface area contributed by atoms with Gasteiger partial charge in [0.1, 0.15) is 9.71 Å². The van der Waals surface area contributed by atoms with Crippen molar-refractivity contribution >= 4 is 50.4 Å². The van der Waals surface area contributed by atoms with E-state index in [1.165, 1.54) is 16.9 Å². The number of halogens is 1. The van der Waals surface area contributed by atoms with E-state index in [9.17, 15) is 4.79 Å². The number of aryl methyl sites for hydroxylation is 2. The average molecular weight is 401 g/mol. The fourth-order valence-electron chi connectivity index (χ4n) is 3.47. The summed E-state index contributed by atoms with van der Waals surface area (Å²) in [7, 11) is 0. The molecule has 1 aromatic carbocycles. The van der Waals surface area contributed by atoms with Crippen LogP contribution in [-0.2, 0) is 0 Å². The molecule has 1 amide bonds. The maximum absolute atomic E-state index is 13.0. The third-order valence-corrected chi connectivity index (χ3v) is 6.34. The minimum atomic E-state index is -0.00406. The lowest BCUT2D eigenvalue weighted by molar-refractivity contribution is 0.0752. The first-order valence-electron chi connectivity index (χ1n) is 8.90. The van der Waals surface area contributed by atoms with Gasteiger partial charge in [-0.15, -0.1) is 11.3 Å². The minimum Gasteiger partial charge on any atom is -0.397 e. The number of nitrogens with two attached hydrogens (primary N) is 1. The molecule has 7 heteroatoms. The maximum Gasteiger partial charge on any atom is 0.266 e. The van der Waals surface area contributed by atoms with Crippen LogP contribution in [0.25, 0.3) is 10.2 Å². The lowest BCUT2D eigenvalue weighted by atomic mass is 10.1. The van der Waals surface area contributed by atoms with E-state index in [2.05, 4.69) is 16.8 Å². The highest BCUT2D eigenvalue weighted by Crippen LogP contribution is 2.34. The Morgan fingerprint density at radius 2 is 1.89 bits per heavy atom. The molecule has 2 aromatic heterocycles. The number of nitrogen functional groups attached to an aromatic ring is 1. The molecule has 1 aliphatic heterocycles. The number of fused-ring (bicyclic) bond motifs is 1. The second-order valence-corrected chi connectivity index (χ2v) is 8.30. The van der Waals surface area contributed by atoms with Gasteiger partial charge in [-0.05, 0) is 43.7 Å². The van der Waals surface area contributed by atoms with Gasteiger partial charge in [0.2, 0.25) is 0 Å². The van der Waals surface area contributed by atoms with Crippen LogP contribution in [0.2, 0.25) is 5.02 Å². The van der Waals surface area contributed by atoms with Crippen LogP contribution < -0.4 is 10.6 Å². The second kappa shape index (κ2) is 7.02. The number of aromatic nitrogens is 1. The topological polar surface area (TPSA) is 62.5 Å². The number of hydrogen-bond donors (Lipinski definition) is 1. The minimum absolute atomic E-state index is 0.00406. The zero-order valence-electron chi connectivity index (χ0n) is 15.3. The van der Waals surface area contributed by atoms with Crippen molar-refractivity contribution in [2.75, 3.05) is 36.8 Å². The Bertz CT molecular complexity index is 1020. The largest absolute Gasteiger partial charge is 0.397 e. The summed E-state index contributed by atoms with van der Waals surface area (Å²) in [4.78, 5) is 23.1. The Balaban J connectivity index is 1.52. The van der Waals surface area contributed by atoms with Gasteiger partial charge < -0.3 is 15.5 Å². The number of piperazine rings is 1. The molecule has 3 heterocycles. The summed E-state index contributed by atoms with van der Waals surface area (Å²) in [6, 6.07) is 9.79. The van der Waals surface area contributed by atoms with Gasteiger partial charge in [0.15, 0.2) is 0 Å². The molecule has 0 spiro atoms. The summed E-state index contributed by atoms with van der Waals surface area (Å²) in [5.74, 6) is -0.00406. The van der Waals surface area contributed by atoms with Gasteiger partial charge in [-0.2, -0.15) is 0 Å². The van der Waals surface area contributed by atoms with Crippen LogP contribution in [0.1, 0.15) is 20.9 Å². The number of rotatable bonds is 2.